The van der Waals surface area contributed by atoms with E-state index in [1.807, 2.05) is 4.90 Å². The van der Waals surface area contributed by atoms with Crippen LogP contribution in [0.25, 0.3) is 0 Å². The van der Waals surface area contributed by atoms with Gasteiger partial charge in [-0.1, -0.05) is 23.1 Å². The molecule has 2 heterocycles. The second-order valence-corrected chi connectivity index (χ2v) is 8.11. The smallest absolute Gasteiger partial charge is 0.325 e. The van der Waals surface area contributed by atoms with Crippen molar-refractivity contribution in [3.8, 4) is 5.75 Å². The number of carbonyl (C=O) groups is 2. The molecule has 0 unspecified atom stereocenters. The normalized spacial score (nSPS) is 13.9. The molecule has 3 amide bonds. The number of nitrogens with zero attached hydrogens (tertiary/aromatic N) is 3. The van der Waals surface area contributed by atoms with E-state index in [1.165, 1.54) is 29.5 Å². The number of piperidine rings is 1. The van der Waals surface area contributed by atoms with E-state index in [4.69, 9.17) is 4.74 Å². The summed E-state index contributed by atoms with van der Waals surface area (Å²) in [6.07, 6.45) is 3.35. The van der Waals surface area contributed by atoms with E-state index in [0.717, 1.165) is 25.9 Å². The van der Waals surface area contributed by atoms with E-state index < -0.39 is 6.03 Å². The van der Waals surface area contributed by atoms with Crippen LogP contribution in [0.5, 0.6) is 5.75 Å². The maximum absolute atomic E-state index is 12.2. The Bertz CT molecular complexity index is 775. The molecule has 0 atom stereocenters. The molecule has 2 aromatic rings. The van der Waals surface area contributed by atoms with Crippen LogP contribution in [0.15, 0.2) is 28.6 Å². The van der Waals surface area contributed by atoms with Gasteiger partial charge in [0.1, 0.15) is 5.75 Å². The van der Waals surface area contributed by atoms with Crippen molar-refractivity contribution in [2.45, 2.75) is 23.6 Å². The van der Waals surface area contributed by atoms with Crippen molar-refractivity contribution in [1.29, 1.82) is 0 Å². The first kappa shape index (κ1) is 19.4. The number of likely N-dealkylation sites (tertiary alicyclic amines) is 1. The molecule has 10 heteroatoms. The predicted octanol–water partition coefficient (Wildman–Crippen LogP) is 3.30. The number of aromatic nitrogens is 2. The van der Waals surface area contributed by atoms with E-state index in [-0.39, 0.29) is 5.91 Å². The van der Waals surface area contributed by atoms with Crippen molar-refractivity contribution in [3.63, 3.8) is 0 Å². The summed E-state index contributed by atoms with van der Waals surface area (Å²) in [4.78, 5) is 26.1. The highest BCUT2D eigenvalue weighted by atomic mass is 32.2. The van der Waals surface area contributed by atoms with E-state index in [2.05, 4.69) is 20.8 Å². The Kier molecular flexibility index (Phi) is 6.88. The Balaban J connectivity index is 1.45. The molecule has 1 saturated heterocycles. The predicted molar refractivity (Wildman–Crippen MR) is 107 cm³/mol. The fourth-order valence-electron chi connectivity index (χ4n) is 2.61. The van der Waals surface area contributed by atoms with Crippen LogP contribution in [0, 0.1) is 0 Å². The monoisotopic (exact) mass is 407 g/mol. The summed E-state index contributed by atoms with van der Waals surface area (Å²) in [5.74, 6) is 1.18. The van der Waals surface area contributed by atoms with Crippen LogP contribution >= 0.6 is 23.1 Å². The molecule has 1 aliphatic heterocycles. The fourth-order valence-corrected chi connectivity index (χ4v) is 4.26. The van der Waals surface area contributed by atoms with Gasteiger partial charge in [0.15, 0.2) is 4.34 Å². The average Bonchev–Trinajstić information content (AvgIpc) is 3.14. The van der Waals surface area contributed by atoms with Crippen LogP contribution in [-0.2, 0) is 4.79 Å². The van der Waals surface area contributed by atoms with Crippen LogP contribution < -0.4 is 15.4 Å². The number of nitrogens with one attached hydrogen (secondary N) is 2. The van der Waals surface area contributed by atoms with Crippen LogP contribution in [0.1, 0.15) is 19.3 Å². The van der Waals surface area contributed by atoms with Crippen molar-refractivity contribution >= 4 is 45.9 Å². The molecule has 0 aliphatic carbocycles. The van der Waals surface area contributed by atoms with Gasteiger partial charge in [0, 0.05) is 18.8 Å². The SMILES string of the molecule is COc1ccc(NC(=O)Nc2nnc(SCC(=O)N3CCCCC3)s2)cc1. The molecule has 27 heavy (non-hydrogen) atoms. The average molecular weight is 408 g/mol. The number of hydrogen-bond donors (Lipinski definition) is 2. The molecule has 0 bridgehead atoms. The third-order valence-corrected chi connectivity index (χ3v) is 5.96. The van der Waals surface area contributed by atoms with Gasteiger partial charge in [-0.15, -0.1) is 10.2 Å². The Morgan fingerprint density at radius 1 is 1.15 bits per heavy atom. The molecule has 1 fully saturated rings. The first-order valence-electron chi connectivity index (χ1n) is 8.60. The molecule has 8 nitrogen and oxygen atoms in total. The van der Waals surface area contributed by atoms with Crippen molar-refractivity contribution in [2.24, 2.45) is 0 Å². The van der Waals surface area contributed by atoms with Gasteiger partial charge in [0.2, 0.25) is 11.0 Å². The van der Waals surface area contributed by atoms with Crippen molar-refractivity contribution in [3.05, 3.63) is 24.3 Å². The summed E-state index contributed by atoms with van der Waals surface area (Å²) < 4.78 is 5.73. The molecular weight excluding hydrogens is 386 g/mol. The molecule has 1 aromatic carbocycles. The van der Waals surface area contributed by atoms with E-state index in [9.17, 15) is 9.59 Å². The number of urea groups is 1. The number of benzene rings is 1. The van der Waals surface area contributed by atoms with Gasteiger partial charge in [0.05, 0.1) is 12.9 Å². The van der Waals surface area contributed by atoms with Gasteiger partial charge >= 0.3 is 6.03 Å². The second kappa shape index (κ2) is 9.56. The molecular formula is C17H21N5O3S2. The number of hydrogen-bond acceptors (Lipinski definition) is 7. The summed E-state index contributed by atoms with van der Waals surface area (Å²) in [5.41, 5.74) is 0.638. The highest BCUT2D eigenvalue weighted by Gasteiger charge is 2.17. The quantitative estimate of drug-likeness (QED) is 0.563. The van der Waals surface area contributed by atoms with E-state index in [0.29, 0.717) is 26.7 Å². The lowest BCUT2D eigenvalue weighted by atomic mass is 10.1. The lowest BCUT2D eigenvalue weighted by Crippen LogP contribution is -2.36. The van der Waals surface area contributed by atoms with Crippen LogP contribution in [0.3, 0.4) is 0 Å². The minimum atomic E-state index is -0.405. The highest BCUT2D eigenvalue weighted by molar-refractivity contribution is 8.01. The molecule has 0 radical (unpaired) electrons. The van der Waals surface area contributed by atoms with Crippen molar-refractivity contribution in [2.75, 3.05) is 36.6 Å². The molecule has 0 saturated carbocycles. The maximum Gasteiger partial charge on any atom is 0.325 e. The Hall–Kier alpha value is -2.33. The lowest BCUT2D eigenvalue weighted by Gasteiger charge is -2.26. The zero-order valence-electron chi connectivity index (χ0n) is 14.9. The Morgan fingerprint density at radius 2 is 1.89 bits per heavy atom. The van der Waals surface area contributed by atoms with Gasteiger partial charge in [-0.25, -0.2) is 4.79 Å². The summed E-state index contributed by atoms with van der Waals surface area (Å²) in [5, 5.41) is 13.7. The number of rotatable bonds is 6. The minimum Gasteiger partial charge on any atom is -0.497 e. The molecule has 0 spiro atoms. The standard InChI is InChI=1S/C17H21N5O3S2/c1-25-13-7-5-12(6-8-13)18-15(24)19-16-20-21-17(27-16)26-11-14(23)22-9-3-2-4-10-22/h5-8H,2-4,9-11H2,1H3,(H2,18,19,20,24). The van der Waals surface area contributed by atoms with Crippen LogP contribution in [0.4, 0.5) is 15.6 Å². The summed E-state index contributed by atoms with van der Waals surface area (Å²) in [6, 6.07) is 6.60. The zero-order chi connectivity index (χ0) is 19.1. The Labute approximate surface area is 165 Å². The van der Waals surface area contributed by atoms with Gasteiger partial charge in [-0.05, 0) is 43.5 Å². The largest absolute Gasteiger partial charge is 0.497 e. The van der Waals surface area contributed by atoms with Gasteiger partial charge in [-0.2, -0.15) is 0 Å². The van der Waals surface area contributed by atoms with E-state index >= 15 is 0 Å². The number of thioether (sulfide) groups is 1. The van der Waals surface area contributed by atoms with Crippen LogP contribution in [0.2, 0.25) is 0 Å². The molecule has 1 aromatic heterocycles. The molecule has 2 N–H and O–H groups in total. The maximum atomic E-state index is 12.2. The van der Waals surface area contributed by atoms with Gasteiger partial charge in [-0.3, -0.25) is 10.1 Å². The first-order chi connectivity index (χ1) is 13.1. The molecule has 1 aliphatic rings. The highest BCUT2D eigenvalue weighted by Crippen LogP contribution is 2.26. The van der Waals surface area contributed by atoms with Crippen LogP contribution in [-0.4, -0.2) is 53.0 Å². The molecule has 3 rings (SSSR count). The lowest BCUT2D eigenvalue weighted by molar-refractivity contribution is -0.129. The number of carbonyl (C=O) groups excluding carboxylic acids is 2. The number of anilines is 2. The van der Waals surface area contributed by atoms with Crippen molar-refractivity contribution < 1.29 is 14.3 Å². The number of ether oxygens (including phenoxy) is 1. The third kappa shape index (κ3) is 5.83. The second-order valence-electron chi connectivity index (χ2n) is 5.91. The van der Waals surface area contributed by atoms with E-state index in [1.54, 1.807) is 31.4 Å². The summed E-state index contributed by atoms with van der Waals surface area (Å²) in [7, 11) is 1.58. The fraction of sp³-hybridized carbons (Fsp3) is 0.412. The van der Waals surface area contributed by atoms with Gasteiger partial charge in [0.25, 0.3) is 0 Å². The topological polar surface area (TPSA) is 96.5 Å². The molecule has 144 valence electrons. The first-order valence-corrected chi connectivity index (χ1v) is 10.4. The third-order valence-electron chi connectivity index (χ3n) is 4.00. The van der Waals surface area contributed by atoms with Crippen molar-refractivity contribution in [1.82, 2.24) is 15.1 Å². The Morgan fingerprint density at radius 3 is 2.59 bits per heavy atom. The summed E-state index contributed by atoms with van der Waals surface area (Å²) >= 11 is 2.59. The summed E-state index contributed by atoms with van der Waals surface area (Å²) in [6.45, 7) is 1.68. The number of methoxy groups -OCH3 is 1. The van der Waals surface area contributed by atoms with Gasteiger partial charge < -0.3 is 15.0 Å². The minimum absolute atomic E-state index is 0.127. The number of amides is 3. The zero-order valence-corrected chi connectivity index (χ0v) is 16.6.